The van der Waals surface area contributed by atoms with Gasteiger partial charge in [0.25, 0.3) is 11.6 Å². The molecule has 3 aromatic rings. The van der Waals surface area contributed by atoms with Gasteiger partial charge in [0, 0.05) is 12.1 Å². The molecule has 9 heteroatoms. The zero-order valence-electron chi connectivity index (χ0n) is 17.3. The number of phenolic OH excluding ortho intramolecular Hbond substituents is 1. The van der Waals surface area contributed by atoms with E-state index in [9.17, 15) is 24.8 Å². The minimum atomic E-state index is -1.06. The van der Waals surface area contributed by atoms with Crippen molar-refractivity contribution in [3.63, 3.8) is 0 Å². The van der Waals surface area contributed by atoms with Crippen LogP contribution in [0, 0.1) is 16.0 Å². The van der Waals surface area contributed by atoms with Gasteiger partial charge in [0.15, 0.2) is 6.10 Å². The molecule has 0 bridgehead atoms. The monoisotopic (exact) mass is 445 g/mol. The molecule has 2 saturated heterocycles. The molecule has 3 atom stereocenters. The first kappa shape index (κ1) is 20.7. The van der Waals surface area contributed by atoms with E-state index in [0.717, 1.165) is 5.56 Å². The van der Waals surface area contributed by atoms with E-state index in [1.807, 2.05) is 30.3 Å². The standard InChI is InChI=1S/C24H19N3O6/c28-19-11-9-16(10-12-19)21-20-22(33-26(21)17-7-4-8-18(13-17)27(31)32)24(30)25(23(20)29)14-15-5-2-1-3-6-15/h1-13,20-22,28H,14H2/t20-,21-,22-/m1/s1. The van der Waals surface area contributed by atoms with Crippen LogP contribution in [-0.2, 0) is 21.0 Å². The summed E-state index contributed by atoms with van der Waals surface area (Å²) in [6.07, 6.45) is -1.06. The average Bonchev–Trinajstić information content (AvgIpc) is 3.32. The van der Waals surface area contributed by atoms with Crippen LogP contribution in [0.3, 0.4) is 0 Å². The largest absolute Gasteiger partial charge is 0.508 e. The molecule has 2 aliphatic heterocycles. The minimum absolute atomic E-state index is 0.0515. The van der Waals surface area contributed by atoms with Crippen molar-refractivity contribution in [2.75, 3.05) is 5.06 Å². The molecule has 0 radical (unpaired) electrons. The number of hydroxylamine groups is 1. The highest BCUT2D eigenvalue weighted by molar-refractivity contribution is 6.07. The predicted octanol–water partition coefficient (Wildman–Crippen LogP) is 3.35. The van der Waals surface area contributed by atoms with Gasteiger partial charge in [-0.2, -0.15) is 0 Å². The van der Waals surface area contributed by atoms with Crippen LogP contribution >= 0.6 is 0 Å². The summed E-state index contributed by atoms with van der Waals surface area (Å²) in [4.78, 5) is 44.6. The van der Waals surface area contributed by atoms with Gasteiger partial charge in [0.2, 0.25) is 5.91 Å². The molecule has 0 unspecified atom stereocenters. The zero-order valence-corrected chi connectivity index (χ0v) is 17.3. The Kier molecular flexibility index (Phi) is 5.02. The summed E-state index contributed by atoms with van der Waals surface area (Å²) in [5.74, 6) is -1.62. The van der Waals surface area contributed by atoms with E-state index in [1.165, 1.54) is 40.3 Å². The lowest BCUT2D eigenvalue weighted by Crippen LogP contribution is -2.36. The number of rotatable bonds is 5. The van der Waals surface area contributed by atoms with Crippen LogP contribution in [0.25, 0.3) is 0 Å². The second-order valence-corrected chi connectivity index (χ2v) is 7.94. The number of benzene rings is 3. The summed E-state index contributed by atoms with van der Waals surface area (Å²) in [6.45, 7) is 0.133. The van der Waals surface area contributed by atoms with E-state index in [-0.39, 0.29) is 23.9 Å². The molecule has 2 heterocycles. The molecule has 0 spiro atoms. The summed E-state index contributed by atoms with van der Waals surface area (Å²) in [7, 11) is 0. The quantitative estimate of drug-likeness (QED) is 0.364. The number of phenols is 1. The average molecular weight is 445 g/mol. The van der Waals surface area contributed by atoms with Crippen LogP contribution in [-0.4, -0.2) is 32.8 Å². The molecule has 0 aromatic heterocycles. The summed E-state index contributed by atoms with van der Waals surface area (Å²) in [5.41, 5.74) is 1.67. The number of anilines is 1. The maximum absolute atomic E-state index is 13.4. The van der Waals surface area contributed by atoms with Gasteiger partial charge in [0.1, 0.15) is 11.7 Å². The highest BCUT2D eigenvalue weighted by Crippen LogP contribution is 2.47. The number of fused-ring (bicyclic) bond motifs is 1. The summed E-state index contributed by atoms with van der Waals surface area (Å²) >= 11 is 0. The van der Waals surface area contributed by atoms with E-state index >= 15 is 0 Å². The number of imide groups is 1. The molecule has 2 amide bonds. The topological polar surface area (TPSA) is 113 Å². The van der Waals surface area contributed by atoms with Crippen molar-refractivity contribution in [1.82, 2.24) is 4.90 Å². The fourth-order valence-corrected chi connectivity index (χ4v) is 4.37. The number of hydrogen-bond acceptors (Lipinski definition) is 7. The number of nitro groups is 1. The molecule has 9 nitrogen and oxygen atoms in total. The van der Waals surface area contributed by atoms with Crippen LogP contribution in [0.5, 0.6) is 5.75 Å². The van der Waals surface area contributed by atoms with Crippen LogP contribution < -0.4 is 5.06 Å². The minimum Gasteiger partial charge on any atom is -0.508 e. The van der Waals surface area contributed by atoms with Gasteiger partial charge >= 0.3 is 0 Å². The first-order valence-corrected chi connectivity index (χ1v) is 10.3. The van der Waals surface area contributed by atoms with E-state index in [2.05, 4.69) is 0 Å². The molecule has 5 rings (SSSR count). The summed E-state index contributed by atoms with van der Waals surface area (Å²) in [5, 5.41) is 22.4. The lowest BCUT2D eigenvalue weighted by molar-refractivity contribution is -0.384. The third-order valence-corrected chi connectivity index (χ3v) is 5.92. The van der Waals surface area contributed by atoms with E-state index in [0.29, 0.717) is 11.3 Å². The molecule has 0 saturated carbocycles. The third kappa shape index (κ3) is 3.58. The molecule has 0 aliphatic carbocycles. The lowest BCUT2D eigenvalue weighted by Gasteiger charge is -2.28. The number of hydrogen-bond donors (Lipinski definition) is 1. The lowest BCUT2D eigenvalue weighted by atomic mass is 9.90. The molecule has 33 heavy (non-hydrogen) atoms. The third-order valence-electron chi connectivity index (χ3n) is 5.92. The fraction of sp³-hybridized carbons (Fsp3) is 0.167. The molecule has 1 N–H and O–H groups in total. The van der Waals surface area contributed by atoms with E-state index < -0.39 is 28.9 Å². The molecule has 2 aliphatic rings. The normalized spacial score (nSPS) is 22.0. The Bertz CT molecular complexity index is 1230. The van der Waals surface area contributed by atoms with Crippen molar-refractivity contribution in [2.45, 2.75) is 18.7 Å². The van der Waals surface area contributed by atoms with Gasteiger partial charge in [-0.1, -0.05) is 48.5 Å². The van der Waals surface area contributed by atoms with Gasteiger partial charge in [-0.05, 0) is 29.3 Å². The number of aromatic hydroxyl groups is 1. The number of non-ortho nitro benzene ring substituents is 1. The maximum atomic E-state index is 13.4. The number of nitro benzene ring substituents is 1. The summed E-state index contributed by atoms with van der Waals surface area (Å²) < 4.78 is 0. The van der Waals surface area contributed by atoms with Gasteiger partial charge in [0.05, 0.1) is 23.2 Å². The smallest absolute Gasteiger partial charge is 0.271 e. The Morgan fingerprint density at radius 3 is 2.36 bits per heavy atom. The highest BCUT2D eigenvalue weighted by atomic mass is 16.7. The van der Waals surface area contributed by atoms with Gasteiger partial charge in [-0.25, -0.2) is 5.06 Å². The van der Waals surface area contributed by atoms with E-state index in [1.54, 1.807) is 18.2 Å². The Balaban J connectivity index is 1.54. The van der Waals surface area contributed by atoms with Crippen LogP contribution in [0.1, 0.15) is 17.2 Å². The van der Waals surface area contributed by atoms with Crippen molar-refractivity contribution in [3.8, 4) is 5.75 Å². The van der Waals surface area contributed by atoms with Crippen LogP contribution in [0.15, 0.2) is 78.9 Å². The Morgan fingerprint density at radius 2 is 1.67 bits per heavy atom. The Morgan fingerprint density at radius 1 is 0.939 bits per heavy atom. The second kappa shape index (κ2) is 8.03. The highest BCUT2D eigenvalue weighted by Gasteiger charge is 2.59. The van der Waals surface area contributed by atoms with Gasteiger partial charge < -0.3 is 5.11 Å². The Labute approximate surface area is 188 Å². The van der Waals surface area contributed by atoms with Crippen molar-refractivity contribution in [1.29, 1.82) is 0 Å². The molecule has 3 aromatic carbocycles. The first-order chi connectivity index (χ1) is 15.9. The number of nitrogens with zero attached hydrogens (tertiary/aromatic N) is 3. The molecule has 2 fully saturated rings. The molecular formula is C24H19N3O6. The molecular weight excluding hydrogens is 426 g/mol. The maximum Gasteiger partial charge on any atom is 0.271 e. The number of amides is 2. The number of carbonyl (C=O) groups is 2. The van der Waals surface area contributed by atoms with Gasteiger partial charge in [-0.3, -0.25) is 29.4 Å². The van der Waals surface area contributed by atoms with Gasteiger partial charge in [-0.15, -0.1) is 0 Å². The zero-order chi connectivity index (χ0) is 23.1. The van der Waals surface area contributed by atoms with E-state index in [4.69, 9.17) is 4.84 Å². The fourth-order valence-electron chi connectivity index (χ4n) is 4.37. The first-order valence-electron chi connectivity index (χ1n) is 10.3. The molecule has 166 valence electrons. The number of carbonyl (C=O) groups excluding carboxylic acids is 2. The summed E-state index contributed by atoms with van der Waals surface area (Å²) in [6, 6.07) is 20.6. The number of likely N-dealkylation sites (tertiary alicyclic amines) is 1. The van der Waals surface area contributed by atoms with Crippen molar-refractivity contribution in [3.05, 3.63) is 100 Å². The van der Waals surface area contributed by atoms with Crippen LogP contribution in [0.2, 0.25) is 0 Å². The van der Waals surface area contributed by atoms with Crippen molar-refractivity contribution in [2.24, 2.45) is 5.92 Å². The second-order valence-electron chi connectivity index (χ2n) is 7.94. The SMILES string of the molecule is O=C1[C@@H]2[C@@H](c3ccc(O)cc3)N(c3cccc([N+](=O)[O-])c3)O[C@H]2C(=O)N1Cc1ccccc1. The predicted molar refractivity (Wildman–Crippen MR) is 117 cm³/mol. The van der Waals surface area contributed by atoms with Crippen molar-refractivity contribution >= 4 is 23.2 Å². The van der Waals surface area contributed by atoms with Crippen molar-refractivity contribution < 1.29 is 24.5 Å². The Hall–Kier alpha value is -4.24. The van der Waals surface area contributed by atoms with Crippen LogP contribution in [0.4, 0.5) is 11.4 Å².